The van der Waals surface area contributed by atoms with Gasteiger partial charge in [-0.25, -0.2) is 0 Å². The van der Waals surface area contributed by atoms with E-state index in [9.17, 15) is 40.0 Å². The second kappa shape index (κ2) is 11.1. The average Bonchev–Trinajstić information content (AvgIpc) is 2.95. The van der Waals surface area contributed by atoms with Crippen molar-refractivity contribution in [2.75, 3.05) is 10.6 Å². The monoisotopic (exact) mass is 556 g/mol. The number of amides is 2. The number of nitro groups is 2. The summed E-state index contributed by atoms with van der Waals surface area (Å²) in [7, 11) is 0. The van der Waals surface area contributed by atoms with Crippen molar-refractivity contribution in [3.63, 3.8) is 0 Å². The lowest BCUT2D eigenvalue weighted by Crippen LogP contribution is -2.20. The van der Waals surface area contributed by atoms with E-state index in [1.165, 1.54) is 60.7 Å². The van der Waals surface area contributed by atoms with Crippen LogP contribution in [0, 0.1) is 20.2 Å². The van der Waals surface area contributed by atoms with Crippen LogP contribution in [-0.4, -0.2) is 31.9 Å². The quantitative estimate of drug-likeness (QED) is 0.120. The van der Waals surface area contributed by atoms with Crippen LogP contribution >= 0.6 is 0 Å². The third-order valence-corrected chi connectivity index (χ3v) is 6.61. The number of phenolic OH excluding ortho intramolecular Hbond substituents is 2. The highest BCUT2D eigenvalue weighted by Gasteiger charge is 2.26. The van der Waals surface area contributed by atoms with Crippen LogP contribution in [0.1, 0.15) is 45.7 Å². The highest BCUT2D eigenvalue weighted by molar-refractivity contribution is 6.06. The van der Waals surface area contributed by atoms with Gasteiger partial charge in [-0.05, 0) is 59.7 Å². The molecule has 4 rings (SSSR count). The van der Waals surface area contributed by atoms with Crippen molar-refractivity contribution in [3.05, 3.63) is 127 Å². The second-order valence-corrected chi connectivity index (χ2v) is 9.61. The van der Waals surface area contributed by atoms with Gasteiger partial charge in [-0.1, -0.05) is 26.0 Å². The molecule has 0 fully saturated rings. The van der Waals surface area contributed by atoms with Crippen LogP contribution in [-0.2, 0) is 5.41 Å². The maximum Gasteiger partial charge on any atom is 0.269 e. The Bertz CT molecular complexity index is 1540. The topological polar surface area (TPSA) is 185 Å². The summed E-state index contributed by atoms with van der Waals surface area (Å²) < 4.78 is 0. The maximum absolute atomic E-state index is 12.7. The minimum atomic E-state index is -0.749. The normalized spacial score (nSPS) is 11.0. The molecule has 4 aromatic rings. The Labute approximate surface area is 233 Å². The van der Waals surface area contributed by atoms with Gasteiger partial charge >= 0.3 is 0 Å². The van der Waals surface area contributed by atoms with Crippen molar-refractivity contribution in [2.24, 2.45) is 0 Å². The first-order valence-corrected chi connectivity index (χ1v) is 12.2. The van der Waals surface area contributed by atoms with E-state index in [-0.39, 0.29) is 45.4 Å². The predicted molar refractivity (Wildman–Crippen MR) is 150 cm³/mol. The third-order valence-electron chi connectivity index (χ3n) is 6.61. The van der Waals surface area contributed by atoms with Crippen molar-refractivity contribution in [3.8, 4) is 11.5 Å². The smallest absolute Gasteiger partial charge is 0.269 e. The number of hydrogen-bond acceptors (Lipinski definition) is 8. The van der Waals surface area contributed by atoms with E-state index in [4.69, 9.17) is 0 Å². The van der Waals surface area contributed by atoms with Crippen molar-refractivity contribution >= 4 is 34.6 Å². The molecule has 41 heavy (non-hydrogen) atoms. The van der Waals surface area contributed by atoms with Gasteiger partial charge in [0.15, 0.2) is 0 Å². The second-order valence-electron chi connectivity index (χ2n) is 9.61. The minimum absolute atomic E-state index is 0.115. The van der Waals surface area contributed by atoms with Crippen LogP contribution in [0.25, 0.3) is 0 Å². The number of rotatable bonds is 8. The number of anilines is 2. The number of nitrogens with one attached hydrogen (secondary N) is 2. The number of hydrogen-bond donors (Lipinski definition) is 4. The molecule has 0 aromatic heterocycles. The molecule has 0 aliphatic heterocycles. The van der Waals surface area contributed by atoms with Crippen LogP contribution < -0.4 is 10.6 Å². The molecular formula is C29H24N4O8. The van der Waals surface area contributed by atoms with Crippen molar-refractivity contribution in [1.29, 1.82) is 0 Å². The summed E-state index contributed by atoms with van der Waals surface area (Å²) in [6.07, 6.45) is 0. The van der Waals surface area contributed by atoms with E-state index >= 15 is 0 Å². The summed E-state index contributed by atoms with van der Waals surface area (Å²) in [6, 6.07) is 19.4. The Morgan fingerprint density at radius 3 is 1.29 bits per heavy atom. The van der Waals surface area contributed by atoms with Gasteiger partial charge in [0.2, 0.25) is 0 Å². The first-order valence-electron chi connectivity index (χ1n) is 12.2. The fraction of sp³-hybridized carbons (Fsp3) is 0.103. The minimum Gasteiger partial charge on any atom is -0.506 e. The number of carbonyl (C=O) groups is 2. The van der Waals surface area contributed by atoms with E-state index in [1.54, 1.807) is 24.3 Å². The van der Waals surface area contributed by atoms with Gasteiger partial charge in [0.1, 0.15) is 11.5 Å². The Kier molecular flexibility index (Phi) is 7.67. The molecule has 0 bridgehead atoms. The summed E-state index contributed by atoms with van der Waals surface area (Å²) in [5.41, 5.74) is 0.823. The highest BCUT2D eigenvalue weighted by Crippen LogP contribution is 2.38. The van der Waals surface area contributed by atoms with Gasteiger partial charge in [0.25, 0.3) is 23.2 Å². The predicted octanol–water partition coefficient (Wildman–Crippen LogP) is 5.74. The van der Waals surface area contributed by atoms with Gasteiger partial charge in [-0.15, -0.1) is 0 Å². The third kappa shape index (κ3) is 6.11. The molecule has 0 spiro atoms. The Morgan fingerprint density at radius 2 is 0.976 bits per heavy atom. The number of aromatic hydroxyl groups is 2. The molecular weight excluding hydrogens is 532 g/mol. The molecule has 0 saturated carbocycles. The molecule has 2 amide bonds. The van der Waals surface area contributed by atoms with Crippen LogP contribution in [0.15, 0.2) is 84.9 Å². The van der Waals surface area contributed by atoms with Crippen LogP contribution in [0.5, 0.6) is 11.5 Å². The Hall–Kier alpha value is -5.78. The van der Waals surface area contributed by atoms with Crippen LogP contribution in [0.4, 0.5) is 22.7 Å². The van der Waals surface area contributed by atoms with Gasteiger partial charge in [0.05, 0.1) is 21.2 Å². The summed E-state index contributed by atoms with van der Waals surface area (Å²) in [5, 5.41) is 47.8. The van der Waals surface area contributed by atoms with Crippen LogP contribution in [0.3, 0.4) is 0 Å². The van der Waals surface area contributed by atoms with E-state index < -0.39 is 27.1 Å². The zero-order valence-corrected chi connectivity index (χ0v) is 21.8. The summed E-state index contributed by atoms with van der Waals surface area (Å²) in [6.45, 7) is 3.74. The van der Waals surface area contributed by atoms with Gasteiger partial charge in [0, 0.05) is 40.8 Å². The zero-order chi connectivity index (χ0) is 29.9. The van der Waals surface area contributed by atoms with Crippen molar-refractivity contribution in [1.82, 2.24) is 0 Å². The fourth-order valence-electron chi connectivity index (χ4n) is 4.07. The lowest BCUT2D eigenvalue weighted by atomic mass is 9.77. The molecule has 4 N–H and O–H groups in total. The van der Waals surface area contributed by atoms with Crippen molar-refractivity contribution in [2.45, 2.75) is 19.3 Å². The molecule has 0 aliphatic carbocycles. The number of phenols is 2. The van der Waals surface area contributed by atoms with E-state index in [0.717, 1.165) is 0 Å². The van der Waals surface area contributed by atoms with E-state index in [1.807, 2.05) is 13.8 Å². The summed E-state index contributed by atoms with van der Waals surface area (Å²) in [4.78, 5) is 46.1. The molecule has 12 nitrogen and oxygen atoms in total. The SMILES string of the molecule is CC(C)(c1ccc(O)c(NC(=O)c2ccc([N+](=O)[O-])cc2)c1)c1ccc(O)c(NC(=O)c2ccc([N+](=O)[O-])cc2)c1. The first kappa shape index (κ1) is 28.2. The van der Waals surface area contributed by atoms with E-state index in [0.29, 0.717) is 11.1 Å². The molecule has 4 aromatic carbocycles. The average molecular weight is 557 g/mol. The molecule has 208 valence electrons. The first-order chi connectivity index (χ1) is 19.4. The lowest BCUT2D eigenvalue weighted by molar-refractivity contribution is -0.385. The molecule has 0 saturated heterocycles. The molecule has 0 aliphatic rings. The summed E-state index contributed by atoms with van der Waals surface area (Å²) >= 11 is 0. The zero-order valence-electron chi connectivity index (χ0n) is 21.8. The van der Waals surface area contributed by atoms with Gasteiger partial charge in [-0.2, -0.15) is 0 Å². The number of nitrogens with zero attached hydrogens (tertiary/aromatic N) is 2. The van der Waals surface area contributed by atoms with Crippen LogP contribution in [0.2, 0.25) is 0 Å². The van der Waals surface area contributed by atoms with Crippen molar-refractivity contribution < 1.29 is 29.6 Å². The largest absolute Gasteiger partial charge is 0.506 e. The maximum atomic E-state index is 12.7. The fourth-order valence-corrected chi connectivity index (χ4v) is 4.07. The molecule has 0 heterocycles. The molecule has 0 radical (unpaired) electrons. The number of non-ortho nitro benzene ring substituents is 2. The Morgan fingerprint density at radius 1 is 0.634 bits per heavy atom. The van der Waals surface area contributed by atoms with Gasteiger partial charge < -0.3 is 20.8 Å². The lowest BCUT2D eigenvalue weighted by Gasteiger charge is -2.27. The Balaban J connectivity index is 1.57. The van der Waals surface area contributed by atoms with Gasteiger partial charge in [-0.3, -0.25) is 29.8 Å². The molecule has 0 unspecified atom stereocenters. The number of benzene rings is 4. The van der Waals surface area contributed by atoms with E-state index in [2.05, 4.69) is 10.6 Å². The number of carbonyl (C=O) groups excluding carboxylic acids is 2. The number of nitro benzene ring substituents is 2. The molecule has 12 heteroatoms. The highest BCUT2D eigenvalue weighted by atomic mass is 16.6. The molecule has 0 atom stereocenters. The standard InChI is InChI=1S/C29H24N4O8/c1-29(2,19-7-13-25(34)23(15-19)30-27(36)17-3-9-21(10-4-17)32(38)39)20-8-14-26(35)24(16-20)31-28(37)18-5-11-22(12-6-18)33(40)41/h3-16,34-35H,1-2H3,(H,30,36)(H,31,37). The summed E-state index contributed by atoms with van der Waals surface area (Å²) in [5.74, 6) is -1.54.